The standard InChI is InChI=1S/C20H22N4O5/c1-21-18(25)16-11-14(8-9-22-16)29-17-7-3-2-6-15(17)23-20(28)24-10-4-5-13(12-24)19(26)27/h2-3,6-9,11,13H,4-5,10,12H2,1H3,(H,21,25)(H,23,28)(H,26,27). The van der Waals surface area contributed by atoms with Crippen molar-refractivity contribution in [3.63, 3.8) is 0 Å². The summed E-state index contributed by atoms with van der Waals surface area (Å²) < 4.78 is 5.85. The monoisotopic (exact) mass is 398 g/mol. The summed E-state index contributed by atoms with van der Waals surface area (Å²) in [6, 6.07) is 9.60. The van der Waals surface area contributed by atoms with Gasteiger partial charge in [0.1, 0.15) is 11.4 Å². The molecule has 29 heavy (non-hydrogen) atoms. The zero-order chi connectivity index (χ0) is 20.8. The highest BCUT2D eigenvalue weighted by Gasteiger charge is 2.28. The molecule has 9 heteroatoms. The first-order chi connectivity index (χ1) is 14.0. The number of likely N-dealkylation sites (tertiary alicyclic amines) is 1. The number of rotatable bonds is 5. The minimum absolute atomic E-state index is 0.171. The number of anilines is 1. The predicted molar refractivity (Wildman–Crippen MR) is 105 cm³/mol. The fourth-order valence-corrected chi connectivity index (χ4v) is 3.07. The number of urea groups is 1. The highest BCUT2D eigenvalue weighted by molar-refractivity contribution is 5.93. The van der Waals surface area contributed by atoms with Crippen LogP contribution in [0.4, 0.5) is 10.5 Å². The highest BCUT2D eigenvalue weighted by Crippen LogP contribution is 2.30. The van der Waals surface area contributed by atoms with Crippen LogP contribution in [0.25, 0.3) is 0 Å². The summed E-state index contributed by atoms with van der Waals surface area (Å²) in [6.07, 6.45) is 2.66. The lowest BCUT2D eigenvalue weighted by Crippen LogP contribution is -2.44. The number of carboxylic acid groups (broad SMARTS) is 1. The normalized spacial score (nSPS) is 16.0. The average molecular weight is 398 g/mol. The Morgan fingerprint density at radius 3 is 2.79 bits per heavy atom. The van der Waals surface area contributed by atoms with Gasteiger partial charge in [-0.15, -0.1) is 0 Å². The third-order valence-electron chi connectivity index (χ3n) is 4.61. The van der Waals surface area contributed by atoms with Crippen LogP contribution in [0.15, 0.2) is 42.6 Å². The number of pyridine rings is 1. The van der Waals surface area contributed by atoms with Gasteiger partial charge in [0.05, 0.1) is 11.6 Å². The van der Waals surface area contributed by atoms with E-state index >= 15 is 0 Å². The smallest absolute Gasteiger partial charge is 0.321 e. The maximum Gasteiger partial charge on any atom is 0.321 e. The molecule has 1 fully saturated rings. The second-order valence-electron chi connectivity index (χ2n) is 6.61. The summed E-state index contributed by atoms with van der Waals surface area (Å²) in [4.78, 5) is 41.1. The molecule has 1 aromatic heterocycles. The Morgan fingerprint density at radius 2 is 2.03 bits per heavy atom. The number of amides is 3. The van der Waals surface area contributed by atoms with Crippen LogP contribution in [0.3, 0.4) is 0 Å². The van der Waals surface area contributed by atoms with E-state index in [-0.39, 0.29) is 24.2 Å². The number of para-hydroxylation sites is 2. The zero-order valence-electron chi connectivity index (χ0n) is 15.9. The van der Waals surface area contributed by atoms with Gasteiger partial charge in [-0.25, -0.2) is 4.79 Å². The summed E-state index contributed by atoms with van der Waals surface area (Å²) in [7, 11) is 1.51. The summed E-state index contributed by atoms with van der Waals surface area (Å²) in [5, 5.41) is 14.5. The number of carbonyl (C=O) groups is 3. The summed E-state index contributed by atoms with van der Waals surface area (Å²) in [5.74, 6) is -1.00. The first kappa shape index (κ1) is 20.1. The first-order valence-corrected chi connectivity index (χ1v) is 9.21. The Kier molecular flexibility index (Phi) is 6.28. The van der Waals surface area contributed by atoms with Gasteiger partial charge in [-0.05, 0) is 31.0 Å². The van der Waals surface area contributed by atoms with E-state index in [0.717, 1.165) is 0 Å². The molecule has 0 spiro atoms. The molecule has 1 atom stereocenters. The molecule has 0 saturated carbocycles. The molecule has 3 rings (SSSR count). The Morgan fingerprint density at radius 1 is 1.24 bits per heavy atom. The summed E-state index contributed by atoms with van der Waals surface area (Å²) in [6.45, 7) is 0.669. The minimum atomic E-state index is -0.893. The Balaban J connectivity index is 1.73. The fraction of sp³-hybridized carbons (Fsp3) is 0.300. The second kappa shape index (κ2) is 9.05. The van der Waals surface area contributed by atoms with Crippen molar-refractivity contribution in [2.45, 2.75) is 12.8 Å². The number of benzene rings is 1. The van der Waals surface area contributed by atoms with Crippen LogP contribution in [-0.4, -0.2) is 53.0 Å². The number of piperidine rings is 1. The third kappa shape index (κ3) is 5.01. The molecule has 3 amide bonds. The van der Waals surface area contributed by atoms with E-state index in [1.807, 2.05) is 0 Å². The van der Waals surface area contributed by atoms with Crippen LogP contribution in [-0.2, 0) is 4.79 Å². The Hall–Kier alpha value is -3.62. The second-order valence-corrected chi connectivity index (χ2v) is 6.61. The summed E-state index contributed by atoms with van der Waals surface area (Å²) >= 11 is 0. The van der Waals surface area contributed by atoms with Gasteiger partial charge in [0.2, 0.25) is 0 Å². The van der Waals surface area contributed by atoms with E-state index < -0.39 is 11.9 Å². The molecule has 2 aromatic rings. The molecule has 0 aliphatic carbocycles. The molecule has 0 radical (unpaired) electrons. The quantitative estimate of drug-likeness (QED) is 0.712. The van der Waals surface area contributed by atoms with Crippen molar-refractivity contribution in [1.29, 1.82) is 0 Å². The summed E-state index contributed by atoms with van der Waals surface area (Å²) in [5.41, 5.74) is 0.646. The Bertz CT molecular complexity index is 917. The van der Waals surface area contributed by atoms with E-state index in [1.54, 1.807) is 30.3 Å². The number of aromatic nitrogens is 1. The molecule has 1 saturated heterocycles. The molecule has 0 bridgehead atoms. The number of hydrogen-bond acceptors (Lipinski definition) is 5. The van der Waals surface area contributed by atoms with Crippen molar-refractivity contribution in [2.24, 2.45) is 5.92 Å². The molecule has 1 aliphatic rings. The van der Waals surface area contributed by atoms with E-state index in [2.05, 4.69) is 15.6 Å². The molecule has 1 aromatic carbocycles. The number of carbonyl (C=O) groups excluding carboxylic acids is 2. The van der Waals surface area contributed by atoms with E-state index in [0.29, 0.717) is 36.6 Å². The van der Waals surface area contributed by atoms with Crippen molar-refractivity contribution in [3.05, 3.63) is 48.3 Å². The van der Waals surface area contributed by atoms with Gasteiger partial charge in [-0.1, -0.05) is 12.1 Å². The average Bonchev–Trinajstić information content (AvgIpc) is 2.74. The van der Waals surface area contributed by atoms with E-state index in [1.165, 1.54) is 24.2 Å². The number of aliphatic carboxylic acids is 1. The van der Waals surface area contributed by atoms with E-state index in [9.17, 15) is 19.5 Å². The van der Waals surface area contributed by atoms with Crippen LogP contribution in [0.2, 0.25) is 0 Å². The van der Waals surface area contributed by atoms with Crippen LogP contribution in [0.1, 0.15) is 23.3 Å². The maximum absolute atomic E-state index is 12.6. The van der Waals surface area contributed by atoms with Crippen molar-refractivity contribution >= 4 is 23.6 Å². The van der Waals surface area contributed by atoms with Gasteiger partial charge in [-0.2, -0.15) is 0 Å². The molecule has 3 N–H and O–H groups in total. The molecule has 1 unspecified atom stereocenters. The molecule has 2 heterocycles. The fourth-order valence-electron chi connectivity index (χ4n) is 3.07. The topological polar surface area (TPSA) is 121 Å². The third-order valence-corrected chi connectivity index (χ3v) is 4.61. The Labute approximate surface area is 167 Å². The lowest BCUT2D eigenvalue weighted by Gasteiger charge is -2.30. The van der Waals surface area contributed by atoms with Gasteiger partial charge >= 0.3 is 12.0 Å². The van der Waals surface area contributed by atoms with Crippen LogP contribution >= 0.6 is 0 Å². The number of nitrogens with zero attached hydrogens (tertiary/aromatic N) is 2. The molecular weight excluding hydrogens is 376 g/mol. The number of carboxylic acids is 1. The van der Waals surface area contributed by atoms with Crippen molar-refractivity contribution < 1.29 is 24.2 Å². The molecule has 9 nitrogen and oxygen atoms in total. The van der Waals surface area contributed by atoms with Gasteiger partial charge in [0.25, 0.3) is 5.91 Å². The van der Waals surface area contributed by atoms with Crippen molar-refractivity contribution in [2.75, 3.05) is 25.5 Å². The largest absolute Gasteiger partial charge is 0.481 e. The van der Waals surface area contributed by atoms with Gasteiger partial charge in [0.15, 0.2) is 5.75 Å². The van der Waals surface area contributed by atoms with Crippen molar-refractivity contribution in [3.8, 4) is 11.5 Å². The molecular formula is C20H22N4O5. The molecule has 1 aliphatic heterocycles. The predicted octanol–water partition coefficient (Wildman–Crippen LogP) is 2.56. The minimum Gasteiger partial charge on any atom is -0.481 e. The highest BCUT2D eigenvalue weighted by atomic mass is 16.5. The lowest BCUT2D eigenvalue weighted by atomic mass is 9.99. The maximum atomic E-state index is 12.6. The van der Waals surface area contributed by atoms with Crippen LogP contribution < -0.4 is 15.4 Å². The van der Waals surface area contributed by atoms with E-state index in [4.69, 9.17) is 4.74 Å². The number of ether oxygens (including phenoxy) is 1. The van der Waals surface area contributed by atoms with Crippen molar-refractivity contribution in [1.82, 2.24) is 15.2 Å². The SMILES string of the molecule is CNC(=O)c1cc(Oc2ccccc2NC(=O)N2CCCC(C(=O)O)C2)ccn1. The van der Waals surface area contributed by atoms with Gasteiger partial charge in [0, 0.05) is 32.4 Å². The lowest BCUT2D eigenvalue weighted by molar-refractivity contribution is -0.143. The number of nitrogens with one attached hydrogen (secondary N) is 2. The van der Waals surface area contributed by atoms with Gasteiger partial charge in [-0.3, -0.25) is 14.6 Å². The number of hydrogen-bond donors (Lipinski definition) is 3. The molecule has 152 valence electrons. The van der Waals surface area contributed by atoms with Gasteiger partial charge < -0.3 is 25.4 Å². The van der Waals surface area contributed by atoms with Crippen LogP contribution in [0, 0.1) is 5.92 Å². The van der Waals surface area contributed by atoms with Crippen LogP contribution in [0.5, 0.6) is 11.5 Å². The first-order valence-electron chi connectivity index (χ1n) is 9.21. The zero-order valence-corrected chi connectivity index (χ0v) is 15.9.